The molecule has 0 rings (SSSR count). The molecule has 0 atom stereocenters. The number of rotatable bonds is 1. The first kappa shape index (κ1) is 16.4. The summed E-state index contributed by atoms with van der Waals surface area (Å²) in [7, 11) is -4.31. The Hall–Kier alpha value is 1.75. The minimum absolute atomic E-state index is 0. The van der Waals surface area contributed by atoms with Gasteiger partial charge in [-0.15, -0.1) is 0 Å². The summed E-state index contributed by atoms with van der Waals surface area (Å²) in [6.45, 7) is 0. The van der Waals surface area contributed by atoms with Crippen molar-refractivity contribution in [2.75, 3.05) is 0 Å². The normalized spacial score (nSPS) is 9.00. The zero-order valence-electron chi connectivity index (χ0n) is 3.56. The fourth-order valence-corrected chi connectivity index (χ4v) is 0. The maximum Gasteiger partial charge on any atom is 0 e. The Morgan fingerprint density at radius 2 is 1.62 bits per heavy atom. The van der Waals surface area contributed by atoms with Crippen molar-refractivity contribution in [2.45, 2.75) is 0 Å². The van der Waals surface area contributed by atoms with Crippen LogP contribution < -0.4 is 0 Å². The van der Waals surface area contributed by atoms with Gasteiger partial charge >= 0.3 is 41.6 Å². The monoisotopic (exact) mass is 274 g/mol. The van der Waals surface area contributed by atoms with Crippen LogP contribution in [0.5, 0.6) is 0 Å². The Balaban J connectivity index is -0.000000125. The molecule has 0 aliphatic heterocycles. The van der Waals surface area contributed by atoms with E-state index in [9.17, 15) is 4.57 Å². The summed E-state index contributed by atoms with van der Waals surface area (Å²) in [5.74, 6) is 0. The van der Waals surface area contributed by atoms with Gasteiger partial charge in [-0.2, -0.15) is 0 Å². The van der Waals surface area contributed by atoms with Gasteiger partial charge in [0.15, 0.2) is 0 Å². The summed E-state index contributed by atoms with van der Waals surface area (Å²) >= 11 is 3.27. The average molecular weight is 276 g/mol. The van der Waals surface area contributed by atoms with Crippen LogP contribution in [0.15, 0.2) is 0 Å². The van der Waals surface area contributed by atoms with Crippen LogP contribution in [0.4, 0.5) is 0 Å². The van der Waals surface area contributed by atoms with Crippen LogP contribution in [0, 0.1) is 0 Å². The van der Waals surface area contributed by atoms with Crippen LogP contribution >= 0.6 is 7.82 Å². The molecule has 1 radical (unpaired) electrons. The van der Waals surface area contributed by atoms with Gasteiger partial charge in [-0.05, 0) is 0 Å². The largest absolute Gasteiger partial charge is 0 e. The number of hydrogen-bond donors (Lipinski definition) is 2. The second-order valence-electron chi connectivity index (χ2n) is 0.548. The van der Waals surface area contributed by atoms with Crippen LogP contribution in [0.25, 0.3) is 0 Å². The fraction of sp³-hybridized carbons (Fsp3) is 0. The van der Waals surface area contributed by atoms with E-state index in [-0.39, 0.29) is 36.5 Å². The van der Waals surface area contributed by atoms with Gasteiger partial charge in [0, 0.05) is 36.5 Å². The van der Waals surface area contributed by atoms with E-state index in [0.29, 0.717) is 0 Å². The van der Waals surface area contributed by atoms with Crippen LogP contribution in [0.1, 0.15) is 0 Å². The second kappa shape index (κ2) is 6.86. The molecule has 0 saturated heterocycles. The van der Waals surface area contributed by atoms with Crippen molar-refractivity contribution in [1.82, 2.24) is 0 Å². The summed E-state index contributed by atoms with van der Waals surface area (Å²) in [5, 5.41) is 0. The third-order valence-corrected chi connectivity index (χ3v) is 0.930. The molecule has 0 aromatic carbocycles. The summed E-state index contributed by atoms with van der Waals surface area (Å²) in [4.78, 5) is 15.2. The molecule has 0 spiro atoms. The van der Waals surface area contributed by atoms with E-state index < -0.39 is 7.82 Å². The maximum absolute atomic E-state index is 9.38. The predicted octanol–water partition coefficient (Wildman–Crippen LogP) is -0.448. The maximum atomic E-state index is 9.38. The molecule has 0 amide bonds. The standard InChI is InChI=1S/Mn.Ni.H3O4P.Zn/c;;1-5(2,3)4;/h;;(H3,1,2,3,4);/q;+1;;/p-1. The molecule has 0 saturated carbocycles. The topological polar surface area (TPSA) is 66.8 Å². The molecular weight excluding hydrogens is 274 g/mol. The molecule has 0 heterocycles. The third-order valence-electron chi connectivity index (χ3n) is 0.0752. The van der Waals surface area contributed by atoms with Gasteiger partial charge < -0.3 is 0 Å². The van der Waals surface area contributed by atoms with E-state index in [2.05, 4.69) is 19.5 Å². The van der Waals surface area contributed by atoms with Gasteiger partial charge in [0.1, 0.15) is 0 Å². The molecule has 4 nitrogen and oxygen atoms in total. The second-order valence-corrected chi connectivity index (χ2v) is 2.19. The van der Waals surface area contributed by atoms with Crippen molar-refractivity contribution in [2.24, 2.45) is 0 Å². The minimum atomic E-state index is -4.31. The van der Waals surface area contributed by atoms with E-state index in [1.165, 1.54) is 0 Å². The van der Waals surface area contributed by atoms with E-state index in [4.69, 9.17) is 9.79 Å². The van der Waals surface area contributed by atoms with Gasteiger partial charge in [0.2, 0.25) is 0 Å². The molecule has 8 heteroatoms. The summed E-state index contributed by atoms with van der Waals surface area (Å²) in [6.07, 6.45) is 0. The molecule has 2 N–H and O–H groups in total. The number of hydrogen-bond acceptors (Lipinski definition) is 2. The Bertz CT molecular complexity index is 80.1. The summed E-state index contributed by atoms with van der Waals surface area (Å²) in [5.41, 5.74) is 0. The number of phosphoric acid groups is 1. The Labute approximate surface area is 77.9 Å². The van der Waals surface area contributed by atoms with Crippen LogP contribution in [0.3, 0.4) is 0 Å². The molecule has 0 aliphatic rings. The predicted molar refractivity (Wildman–Crippen MR) is 13.1 cm³/mol. The van der Waals surface area contributed by atoms with Crippen molar-refractivity contribution >= 4 is 7.82 Å². The molecule has 0 aromatic rings. The first-order valence-electron chi connectivity index (χ1n) is 0.894. The first-order valence-corrected chi connectivity index (χ1v) is 2.83. The quantitative estimate of drug-likeness (QED) is 0.503. The molecule has 0 aliphatic carbocycles. The zero-order valence-corrected chi connectivity index (χ0v) is 9.59. The summed E-state index contributed by atoms with van der Waals surface area (Å²) < 4.78 is 12.6. The molecule has 0 fully saturated rings. The van der Waals surface area contributed by atoms with Gasteiger partial charge in [-0.25, -0.2) is 0 Å². The van der Waals surface area contributed by atoms with Gasteiger partial charge in [0.05, 0.1) is 0 Å². The zero-order chi connectivity index (χ0) is 5.21. The van der Waals surface area contributed by atoms with Gasteiger partial charge in [-0.3, -0.25) is 0 Å². The van der Waals surface area contributed by atoms with Crippen LogP contribution in [0.2, 0.25) is 0 Å². The molecule has 0 unspecified atom stereocenters. The molecule has 8 heavy (non-hydrogen) atoms. The Kier molecular flexibility index (Phi) is 14.0. The van der Waals surface area contributed by atoms with Crippen LogP contribution in [-0.2, 0) is 60.6 Å². The van der Waals surface area contributed by atoms with Gasteiger partial charge in [-0.1, -0.05) is 0 Å². The minimum Gasteiger partial charge on any atom is 0 e. The smallest absolute Gasteiger partial charge is 0 e. The van der Waals surface area contributed by atoms with Crippen molar-refractivity contribution in [1.29, 1.82) is 0 Å². The first-order chi connectivity index (χ1) is 2.56. The fourth-order valence-electron chi connectivity index (χ4n) is 0. The third kappa shape index (κ3) is 15.7. The van der Waals surface area contributed by atoms with Crippen LogP contribution in [-0.4, -0.2) is 9.79 Å². The van der Waals surface area contributed by atoms with E-state index >= 15 is 0 Å². The molecule has 50 valence electrons. The van der Waals surface area contributed by atoms with E-state index in [0.717, 1.165) is 0 Å². The molecular formula is H2MnNiO4PZn. The molecule has 0 bridgehead atoms. The Morgan fingerprint density at radius 1 is 1.50 bits per heavy atom. The van der Waals surface area contributed by atoms with Crippen molar-refractivity contribution in [3.05, 3.63) is 0 Å². The van der Waals surface area contributed by atoms with Crippen molar-refractivity contribution < 1.29 is 70.4 Å². The SMILES string of the molecule is O=P(O)(O)[O][Ni].[Mn].[Zn]. The van der Waals surface area contributed by atoms with Crippen molar-refractivity contribution in [3.8, 4) is 0 Å². The van der Waals surface area contributed by atoms with Crippen molar-refractivity contribution in [3.63, 3.8) is 0 Å². The molecule has 0 aromatic heterocycles. The average Bonchev–Trinajstić information content (AvgIpc) is 1.35. The summed E-state index contributed by atoms with van der Waals surface area (Å²) in [6, 6.07) is 0. The Morgan fingerprint density at radius 3 is 1.62 bits per heavy atom. The van der Waals surface area contributed by atoms with Gasteiger partial charge in [0.25, 0.3) is 0 Å². The van der Waals surface area contributed by atoms with E-state index in [1.807, 2.05) is 0 Å². The van der Waals surface area contributed by atoms with E-state index in [1.54, 1.807) is 0 Å².